The molecular formula is C18H37P. The molecule has 0 aliphatic rings. The van der Waals surface area contributed by atoms with E-state index in [2.05, 4.69) is 21.6 Å². The highest BCUT2D eigenvalue weighted by Gasteiger charge is 1.93. The molecule has 0 rings (SSSR count). The van der Waals surface area contributed by atoms with Crippen LogP contribution in [0.25, 0.3) is 0 Å². The van der Waals surface area contributed by atoms with Crippen molar-refractivity contribution >= 4 is 14.7 Å². The van der Waals surface area contributed by atoms with Crippen molar-refractivity contribution in [3.8, 4) is 0 Å². The lowest BCUT2D eigenvalue weighted by atomic mass is 10.0. The van der Waals surface area contributed by atoms with E-state index in [-0.39, 0.29) is 0 Å². The molecule has 0 aromatic carbocycles. The van der Waals surface area contributed by atoms with E-state index in [0.717, 1.165) is 0 Å². The molecule has 0 atom stereocenters. The summed E-state index contributed by atoms with van der Waals surface area (Å²) in [7, 11) is 3.41. The normalized spacial score (nSPS) is 10.8. The van der Waals surface area contributed by atoms with Gasteiger partial charge in [0.1, 0.15) is 0 Å². The van der Waals surface area contributed by atoms with Crippen molar-refractivity contribution in [3.63, 3.8) is 0 Å². The molecule has 0 unspecified atom stereocenters. The second-order valence-corrected chi connectivity index (χ2v) is 6.35. The van der Waals surface area contributed by atoms with E-state index in [0.29, 0.717) is 0 Å². The van der Waals surface area contributed by atoms with Crippen LogP contribution in [0.5, 0.6) is 0 Å². The average Bonchev–Trinajstić information content (AvgIpc) is 2.43. The van der Waals surface area contributed by atoms with E-state index in [1.165, 1.54) is 103 Å². The second kappa shape index (κ2) is 18.2. The number of hydrogen-bond acceptors (Lipinski definition) is 0. The second-order valence-electron chi connectivity index (χ2n) is 5.94. The Morgan fingerprint density at radius 1 is 0.526 bits per heavy atom. The zero-order valence-electron chi connectivity index (χ0n) is 13.4. The largest absolute Gasteiger partial charge is 0.127 e. The van der Waals surface area contributed by atoms with Gasteiger partial charge in [-0.2, -0.15) is 0 Å². The molecule has 0 saturated carbocycles. The van der Waals surface area contributed by atoms with Crippen molar-refractivity contribution < 1.29 is 0 Å². The molecule has 114 valence electrons. The SMILES string of the molecule is CCCCCCCCCCCCCCCCCC=P. The first-order chi connectivity index (χ1) is 9.41. The van der Waals surface area contributed by atoms with Gasteiger partial charge in [0.05, 0.1) is 0 Å². The fourth-order valence-corrected chi connectivity index (χ4v) is 2.82. The molecule has 1 heteroatoms. The van der Waals surface area contributed by atoms with Crippen LogP contribution in [0.1, 0.15) is 110 Å². The third-order valence-corrected chi connectivity index (χ3v) is 4.24. The summed E-state index contributed by atoms with van der Waals surface area (Å²) in [5.41, 5.74) is 0. The highest BCUT2D eigenvalue weighted by atomic mass is 31.0. The van der Waals surface area contributed by atoms with Crippen molar-refractivity contribution in [2.45, 2.75) is 110 Å². The van der Waals surface area contributed by atoms with Gasteiger partial charge >= 0.3 is 0 Å². The van der Waals surface area contributed by atoms with E-state index < -0.39 is 0 Å². The van der Waals surface area contributed by atoms with E-state index >= 15 is 0 Å². The zero-order valence-corrected chi connectivity index (χ0v) is 14.4. The Hall–Kier alpha value is 0.170. The molecule has 0 amide bonds. The molecule has 0 saturated heterocycles. The fourth-order valence-electron chi connectivity index (χ4n) is 2.62. The fraction of sp³-hybridized carbons (Fsp3) is 0.944. The first-order valence-corrected chi connectivity index (χ1v) is 9.48. The minimum absolute atomic E-state index is 1.23. The van der Waals surface area contributed by atoms with Crippen LogP contribution in [0, 0.1) is 0 Å². The van der Waals surface area contributed by atoms with Gasteiger partial charge in [0.2, 0.25) is 0 Å². The summed E-state index contributed by atoms with van der Waals surface area (Å²) >= 11 is 0. The Balaban J connectivity index is 2.89. The summed E-state index contributed by atoms with van der Waals surface area (Å²) in [5, 5.41) is 0. The minimum atomic E-state index is 1.23. The summed E-state index contributed by atoms with van der Waals surface area (Å²) in [6.07, 6.45) is 23.0. The van der Waals surface area contributed by atoms with Crippen LogP contribution in [0.4, 0.5) is 0 Å². The lowest BCUT2D eigenvalue weighted by Crippen LogP contribution is -1.83. The van der Waals surface area contributed by atoms with Gasteiger partial charge in [-0.05, 0) is 12.8 Å². The summed E-state index contributed by atoms with van der Waals surface area (Å²) in [5.74, 6) is 2.10. The molecule has 0 N–H and O–H groups in total. The molecule has 19 heavy (non-hydrogen) atoms. The molecule has 0 aliphatic carbocycles. The lowest BCUT2D eigenvalue weighted by molar-refractivity contribution is 0.533. The molecule has 0 fully saturated rings. The third-order valence-electron chi connectivity index (χ3n) is 3.95. The van der Waals surface area contributed by atoms with Crippen LogP contribution in [0.2, 0.25) is 0 Å². The van der Waals surface area contributed by atoms with Crippen LogP contribution in [0.15, 0.2) is 0 Å². The summed E-state index contributed by atoms with van der Waals surface area (Å²) in [6.45, 7) is 2.29. The van der Waals surface area contributed by atoms with Crippen molar-refractivity contribution in [2.75, 3.05) is 0 Å². The highest BCUT2D eigenvalue weighted by molar-refractivity contribution is 7.18. The van der Waals surface area contributed by atoms with E-state index in [1.54, 1.807) is 0 Å². The summed E-state index contributed by atoms with van der Waals surface area (Å²) in [4.78, 5) is 0. The van der Waals surface area contributed by atoms with Gasteiger partial charge in [-0.25, -0.2) is 0 Å². The maximum atomic E-state index is 3.41. The molecular weight excluding hydrogens is 247 g/mol. The molecule has 0 bridgehead atoms. The predicted octanol–water partition coefficient (Wildman–Crippen LogP) is 7.19. The Labute approximate surface area is 125 Å². The van der Waals surface area contributed by atoms with E-state index in [4.69, 9.17) is 0 Å². The first kappa shape index (κ1) is 19.2. The Kier molecular flexibility index (Phi) is 18.3. The van der Waals surface area contributed by atoms with Gasteiger partial charge in [-0.15, -0.1) is 8.86 Å². The standard InChI is InChI=1S/C18H37P/c1-2-3-4-5-6-7-8-9-10-11-12-13-14-15-16-17-18-19/h18-19H,2-17H2,1H3. The summed E-state index contributed by atoms with van der Waals surface area (Å²) < 4.78 is 0. The maximum Gasteiger partial charge on any atom is -0.0310 e. The topological polar surface area (TPSA) is 0 Å². The quantitative estimate of drug-likeness (QED) is 0.208. The van der Waals surface area contributed by atoms with Crippen LogP contribution >= 0.6 is 8.86 Å². The molecule has 0 aliphatic heterocycles. The number of unbranched alkanes of at least 4 members (excludes halogenated alkanes) is 15. The first-order valence-electron chi connectivity index (χ1n) is 8.90. The number of rotatable bonds is 16. The van der Waals surface area contributed by atoms with Gasteiger partial charge in [0.15, 0.2) is 0 Å². The van der Waals surface area contributed by atoms with Gasteiger partial charge < -0.3 is 0 Å². The van der Waals surface area contributed by atoms with Crippen LogP contribution in [0.3, 0.4) is 0 Å². The van der Waals surface area contributed by atoms with Gasteiger partial charge in [-0.3, -0.25) is 0 Å². The van der Waals surface area contributed by atoms with Crippen molar-refractivity contribution in [1.29, 1.82) is 0 Å². The molecule has 0 aromatic heterocycles. The smallest absolute Gasteiger partial charge is 0.0310 e. The highest BCUT2D eigenvalue weighted by Crippen LogP contribution is 2.13. The van der Waals surface area contributed by atoms with Gasteiger partial charge in [0.25, 0.3) is 0 Å². The van der Waals surface area contributed by atoms with Crippen molar-refractivity contribution in [2.24, 2.45) is 0 Å². The maximum absolute atomic E-state index is 3.41. The summed E-state index contributed by atoms with van der Waals surface area (Å²) in [6, 6.07) is 0. The molecule has 0 nitrogen and oxygen atoms in total. The molecule has 0 spiro atoms. The average molecular weight is 284 g/mol. The van der Waals surface area contributed by atoms with Crippen LogP contribution in [-0.2, 0) is 0 Å². The third kappa shape index (κ3) is 18.2. The van der Waals surface area contributed by atoms with Crippen LogP contribution < -0.4 is 0 Å². The Morgan fingerprint density at radius 3 is 1.16 bits per heavy atom. The van der Waals surface area contributed by atoms with Gasteiger partial charge in [0, 0.05) is 0 Å². The molecule has 0 heterocycles. The Bertz CT molecular complexity index is 165. The predicted molar refractivity (Wildman–Crippen MR) is 93.9 cm³/mol. The van der Waals surface area contributed by atoms with Crippen molar-refractivity contribution in [3.05, 3.63) is 0 Å². The molecule has 0 aromatic rings. The zero-order chi connectivity index (χ0) is 14.0. The van der Waals surface area contributed by atoms with E-state index in [9.17, 15) is 0 Å². The molecule has 0 radical (unpaired) electrons. The Morgan fingerprint density at radius 2 is 0.842 bits per heavy atom. The van der Waals surface area contributed by atoms with Crippen molar-refractivity contribution in [1.82, 2.24) is 0 Å². The number of hydrogen-bond donors (Lipinski definition) is 0. The van der Waals surface area contributed by atoms with E-state index in [1.807, 2.05) is 0 Å². The lowest BCUT2D eigenvalue weighted by Gasteiger charge is -2.03. The van der Waals surface area contributed by atoms with Gasteiger partial charge in [-0.1, -0.05) is 103 Å². The monoisotopic (exact) mass is 284 g/mol. The minimum Gasteiger partial charge on any atom is -0.127 e. The van der Waals surface area contributed by atoms with Crippen LogP contribution in [-0.4, -0.2) is 5.80 Å².